The Kier molecular flexibility index (Phi) is 5.11. The quantitative estimate of drug-likeness (QED) is 0.696. The normalized spacial score (nSPS) is 19.0. The van der Waals surface area contributed by atoms with Crippen molar-refractivity contribution in [2.24, 2.45) is 5.92 Å². The summed E-state index contributed by atoms with van der Waals surface area (Å²) in [4.78, 5) is 50.3. The number of nitrogens with one attached hydrogen (secondary N) is 2. The van der Waals surface area contributed by atoms with Gasteiger partial charge < -0.3 is 10.6 Å². The molecular weight excluding hydrogens is 374 g/mol. The molecule has 2 aliphatic rings. The fraction of sp³-hybridized carbons (Fsp3) is 0.350. The maximum Gasteiger partial charge on any atom is 0.328 e. The molecule has 2 heterocycles. The summed E-state index contributed by atoms with van der Waals surface area (Å²) >= 11 is 0. The lowest BCUT2D eigenvalue weighted by molar-refractivity contribution is -0.133. The SMILES string of the molecule is O=C(NCCn1nc(C2CC2)ccc1=O)C1CNC(=O)N(c2ccccc2)C1=O. The fourth-order valence-electron chi connectivity index (χ4n) is 3.27. The lowest BCUT2D eigenvalue weighted by Crippen LogP contribution is -2.59. The van der Waals surface area contributed by atoms with Crippen molar-refractivity contribution < 1.29 is 14.4 Å². The first-order chi connectivity index (χ1) is 14.0. The second-order valence-corrected chi connectivity index (χ2v) is 7.13. The largest absolute Gasteiger partial charge is 0.353 e. The van der Waals surface area contributed by atoms with Crippen LogP contribution in [0.4, 0.5) is 10.5 Å². The van der Waals surface area contributed by atoms with Gasteiger partial charge in [-0.1, -0.05) is 18.2 Å². The second-order valence-electron chi connectivity index (χ2n) is 7.13. The minimum absolute atomic E-state index is 0.0673. The number of urea groups is 1. The Labute approximate surface area is 166 Å². The number of aromatic nitrogens is 2. The molecule has 2 fully saturated rings. The minimum Gasteiger partial charge on any atom is -0.353 e. The van der Waals surface area contributed by atoms with Crippen LogP contribution in [0.15, 0.2) is 47.3 Å². The summed E-state index contributed by atoms with van der Waals surface area (Å²) < 4.78 is 1.33. The number of carbonyl (C=O) groups is 3. The first kappa shape index (κ1) is 18.9. The van der Waals surface area contributed by atoms with Gasteiger partial charge in [0.1, 0.15) is 5.92 Å². The zero-order valence-electron chi connectivity index (χ0n) is 15.7. The van der Waals surface area contributed by atoms with Crippen molar-refractivity contribution in [2.45, 2.75) is 25.3 Å². The molecule has 1 aromatic carbocycles. The molecular formula is C20H21N5O4. The van der Waals surface area contributed by atoms with E-state index in [-0.39, 0.29) is 25.2 Å². The van der Waals surface area contributed by atoms with Crippen LogP contribution in [-0.2, 0) is 16.1 Å². The predicted molar refractivity (Wildman–Crippen MR) is 104 cm³/mol. The smallest absolute Gasteiger partial charge is 0.328 e. The van der Waals surface area contributed by atoms with Crippen LogP contribution in [0.25, 0.3) is 0 Å². The van der Waals surface area contributed by atoms with Crippen LogP contribution < -0.4 is 21.1 Å². The zero-order valence-corrected chi connectivity index (χ0v) is 15.7. The van der Waals surface area contributed by atoms with Crippen LogP contribution in [0.5, 0.6) is 0 Å². The van der Waals surface area contributed by atoms with Crippen LogP contribution in [-0.4, -0.2) is 40.7 Å². The summed E-state index contributed by atoms with van der Waals surface area (Å²) in [5.41, 5.74) is 1.06. The highest BCUT2D eigenvalue weighted by Crippen LogP contribution is 2.38. The molecule has 1 aliphatic carbocycles. The average Bonchev–Trinajstić information content (AvgIpc) is 3.55. The molecule has 9 heteroatoms. The van der Waals surface area contributed by atoms with Crippen molar-refractivity contribution in [3.63, 3.8) is 0 Å². The molecule has 150 valence electrons. The van der Waals surface area contributed by atoms with Gasteiger partial charge in [0.05, 0.1) is 17.9 Å². The van der Waals surface area contributed by atoms with E-state index in [9.17, 15) is 19.2 Å². The van der Waals surface area contributed by atoms with Gasteiger partial charge in [0.2, 0.25) is 11.8 Å². The van der Waals surface area contributed by atoms with Gasteiger partial charge in [0, 0.05) is 25.1 Å². The summed E-state index contributed by atoms with van der Waals surface area (Å²) in [7, 11) is 0. The molecule has 29 heavy (non-hydrogen) atoms. The Hall–Kier alpha value is -3.49. The highest BCUT2D eigenvalue weighted by molar-refractivity contribution is 6.21. The number of hydrogen-bond donors (Lipinski definition) is 2. The van der Waals surface area contributed by atoms with Gasteiger partial charge in [-0.25, -0.2) is 14.4 Å². The summed E-state index contributed by atoms with van der Waals surface area (Å²) in [6, 6.07) is 11.1. The Morgan fingerprint density at radius 3 is 2.59 bits per heavy atom. The summed E-state index contributed by atoms with van der Waals surface area (Å²) in [6.07, 6.45) is 2.16. The molecule has 0 bridgehead atoms. The zero-order chi connectivity index (χ0) is 20.4. The number of rotatable bonds is 6. The molecule has 1 saturated carbocycles. The van der Waals surface area contributed by atoms with Gasteiger partial charge in [0.15, 0.2) is 0 Å². The number of para-hydroxylation sites is 1. The third-order valence-electron chi connectivity index (χ3n) is 5.02. The Morgan fingerprint density at radius 2 is 1.86 bits per heavy atom. The number of nitrogens with zero attached hydrogens (tertiary/aromatic N) is 3. The van der Waals surface area contributed by atoms with Gasteiger partial charge in [-0.2, -0.15) is 5.10 Å². The number of amides is 4. The van der Waals surface area contributed by atoms with E-state index < -0.39 is 23.8 Å². The predicted octanol–water partition coefficient (Wildman–Crippen LogP) is 0.609. The molecule has 4 amide bonds. The third-order valence-corrected chi connectivity index (χ3v) is 5.02. The molecule has 1 aromatic heterocycles. The van der Waals surface area contributed by atoms with Crippen LogP contribution in [0.1, 0.15) is 24.5 Å². The van der Waals surface area contributed by atoms with E-state index >= 15 is 0 Å². The van der Waals surface area contributed by atoms with E-state index in [0.29, 0.717) is 11.6 Å². The Balaban J connectivity index is 1.38. The number of imide groups is 1. The standard InChI is InChI=1S/C20H21N5O4/c26-17-9-8-16(13-6-7-13)23-24(17)11-10-21-18(27)15-12-22-20(29)25(19(15)28)14-4-2-1-3-5-14/h1-5,8-9,13,15H,6-7,10-12H2,(H,21,27)(H,22,29). The fourth-order valence-corrected chi connectivity index (χ4v) is 3.27. The molecule has 1 aliphatic heterocycles. The Bertz CT molecular complexity index is 999. The molecule has 4 rings (SSSR count). The summed E-state index contributed by atoms with van der Waals surface area (Å²) in [5.74, 6) is -1.69. The lowest BCUT2D eigenvalue weighted by Gasteiger charge is -2.30. The number of anilines is 1. The molecule has 1 unspecified atom stereocenters. The van der Waals surface area contributed by atoms with E-state index in [1.54, 1.807) is 36.4 Å². The number of hydrogen-bond acceptors (Lipinski definition) is 5. The topological polar surface area (TPSA) is 113 Å². The van der Waals surface area contributed by atoms with Crippen molar-refractivity contribution in [3.8, 4) is 0 Å². The van der Waals surface area contributed by atoms with Crippen molar-refractivity contribution in [1.29, 1.82) is 0 Å². The van der Waals surface area contributed by atoms with E-state index in [1.807, 2.05) is 0 Å². The molecule has 0 radical (unpaired) electrons. The first-order valence-corrected chi connectivity index (χ1v) is 9.57. The Morgan fingerprint density at radius 1 is 1.10 bits per heavy atom. The molecule has 2 aromatic rings. The maximum atomic E-state index is 12.7. The van der Waals surface area contributed by atoms with Gasteiger partial charge in [-0.3, -0.25) is 14.4 Å². The van der Waals surface area contributed by atoms with E-state index in [4.69, 9.17) is 0 Å². The molecule has 9 nitrogen and oxygen atoms in total. The first-order valence-electron chi connectivity index (χ1n) is 9.57. The maximum absolute atomic E-state index is 12.7. The van der Waals surface area contributed by atoms with Crippen molar-refractivity contribution in [1.82, 2.24) is 20.4 Å². The average molecular weight is 395 g/mol. The van der Waals surface area contributed by atoms with E-state index in [2.05, 4.69) is 15.7 Å². The van der Waals surface area contributed by atoms with Gasteiger partial charge >= 0.3 is 6.03 Å². The summed E-state index contributed by atoms with van der Waals surface area (Å²) in [6.45, 7) is 0.298. The number of benzene rings is 1. The minimum atomic E-state index is -1.03. The van der Waals surface area contributed by atoms with Crippen molar-refractivity contribution >= 4 is 23.5 Å². The van der Waals surface area contributed by atoms with E-state index in [0.717, 1.165) is 23.4 Å². The van der Waals surface area contributed by atoms with Gasteiger partial charge in [-0.05, 0) is 31.0 Å². The van der Waals surface area contributed by atoms with Crippen LogP contribution in [0, 0.1) is 5.92 Å². The van der Waals surface area contributed by atoms with Crippen molar-refractivity contribution in [2.75, 3.05) is 18.0 Å². The molecule has 1 atom stereocenters. The van der Waals surface area contributed by atoms with Gasteiger partial charge in [0.25, 0.3) is 5.56 Å². The molecule has 2 N–H and O–H groups in total. The van der Waals surface area contributed by atoms with Gasteiger partial charge in [-0.15, -0.1) is 0 Å². The van der Waals surface area contributed by atoms with E-state index in [1.165, 1.54) is 10.7 Å². The molecule has 1 saturated heterocycles. The monoisotopic (exact) mass is 395 g/mol. The second kappa shape index (κ2) is 7.86. The van der Waals surface area contributed by atoms with Crippen molar-refractivity contribution in [3.05, 3.63) is 58.5 Å². The highest BCUT2D eigenvalue weighted by Gasteiger charge is 2.39. The molecule has 0 spiro atoms. The lowest BCUT2D eigenvalue weighted by atomic mass is 10.0. The third kappa shape index (κ3) is 4.03. The summed E-state index contributed by atoms with van der Waals surface area (Å²) in [5, 5.41) is 9.59. The van der Waals surface area contributed by atoms with Crippen LogP contribution in [0.3, 0.4) is 0 Å². The van der Waals surface area contributed by atoms with Crippen LogP contribution in [0.2, 0.25) is 0 Å². The van der Waals surface area contributed by atoms with Crippen LogP contribution >= 0.6 is 0 Å². The highest BCUT2D eigenvalue weighted by atomic mass is 16.2. The number of carbonyl (C=O) groups excluding carboxylic acids is 3.